The van der Waals surface area contributed by atoms with Gasteiger partial charge in [0.1, 0.15) is 24.7 Å². The third-order valence-electron chi connectivity index (χ3n) is 13.0. The lowest BCUT2D eigenvalue weighted by molar-refractivity contribution is -0.140. The quantitative estimate of drug-likeness (QED) is 0.0113. The first kappa shape index (κ1) is 62.7. The van der Waals surface area contributed by atoms with E-state index in [2.05, 4.69) is 50.4 Å². The van der Waals surface area contributed by atoms with Gasteiger partial charge in [0.15, 0.2) is 5.78 Å². The van der Waals surface area contributed by atoms with Gasteiger partial charge in [0.2, 0.25) is 0 Å². The van der Waals surface area contributed by atoms with Gasteiger partial charge in [-0.2, -0.15) is 13.2 Å². The largest absolute Gasteiger partial charge is 0.495 e. The van der Waals surface area contributed by atoms with Crippen molar-refractivity contribution >= 4 is 62.9 Å². The predicted octanol–water partition coefficient (Wildman–Crippen LogP) is 9.00. The number of likely N-dealkylation sites (tertiary alicyclic amines) is 1. The number of piperidine rings is 1. The monoisotopic (exact) mass is 1140 g/mol. The zero-order chi connectivity index (χ0) is 58.3. The summed E-state index contributed by atoms with van der Waals surface area (Å²) in [7, 11) is 3.55. The predicted molar refractivity (Wildman–Crippen MR) is 312 cm³/mol. The number of rotatable bonds is 27. The van der Waals surface area contributed by atoms with Crippen LogP contribution in [0.3, 0.4) is 0 Å². The Bertz CT molecular complexity index is 3020. The summed E-state index contributed by atoms with van der Waals surface area (Å²) in [6.07, 6.45) is 0.100. The van der Waals surface area contributed by atoms with Crippen molar-refractivity contribution in [1.82, 2.24) is 19.8 Å². The lowest BCUT2D eigenvalue weighted by Crippen LogP contribution is -2.36. The zero-order valence-corrected chi connectivity index (χ0v) is 47.3. The van der Waals surface area contributed by atoms with Crippen LogP contribution in [-0.2, 0) is 25.5 Å². The van der Waals surface area contributed by atoms with Crippen LogP contribution in [0, 0.1) is 11.8 Å². The number of amides is 2. The van der Waals surface area contributed by atoms with Gasteiger partial charge < -0.3 is 70.5 Å². The zero-order valence-electron chi connectivity index (χ0n) is 46.5. The number of fused-ring (bicyclic) bond motifs is 1. The van der Waals surface area contributed by atoms with Crippen LogP contribution in [0.5, 0.6) is 11.5 Å². The molecule has 0 atom stereocenters. The molecule has 22 heteroatoms. The summed E-state index contributed by atoms with van der Waals surface area (Å²) >= 11 is 6.45. The highest BCUT2D eigenvalue weighted by Gasteiger charge is 2.30. The summed E-state index contributed by atoms with van der Waals surface area (Å²) in [6, 6.07) is 24.0. The molecule has 436 valence electrons. The first-order valence-corrected chi connectivity index (χ1v) is 27.3. The number of alkyl halides is 3. The molecule has 0 bridgehead atoms. The van der Waals surface area contributed by atoms with Crippen molar-refractivity contribution in [2.75, 3.05) is 114 Å². The van der Waals surface area contributed by atoms with Crippen molar-refractivity contribution in [3.05, 3.63) is 130 Å². The van der Waals surface area contributed by atoms with Crippen molar-refractivity contribution < 1.29 is 51.2 Å². The Kier molecular flexibility index (Phi) is 24.4. The highest BCUT2D eigenvalue weighted by Crippen LogP contribution is 2.33. The van der Waals surface area contributed by atoms with Crippen molar-refractivity contribution in [2.45, 2.75) is 65.2 Å². The van der Waals surface area contributed by atoms with Crippen LogP contribution in [0.4, 0.5) is 35.9 Å². The van der Waals surface area contributed by atoms with Crippen LogP contribution in [0.25, 0.3) is 10.9 Å². The molecule has 1 saturated heterocycles. The van der Waals surface area contributed by atoms with Gasteiger partial charge in [-0.15, -0.1) is 0 Å². The van der Waals surface area contributed by atoms with Gasteiger partial charge in [0, 0.05) is 64.4 Å². The van der Waals surface area contributed by atoms with Gasteiger partial charge >= 0.3 is 6.18 Å². The second-order valence-corrected chi connectivity index (χ2v) is 19.3. The third-order valence-corrected chi connectivity index (χ3v) is 13.3. The number of halogens is 4. The van der Waals surface area contributed by atoms with Crippen LogP contribution >= 0.6 is 11.6 Å². The average Bonchev–Trinajstić information content (AvgIpc) is 4.10. The fourth-order valence-electron chi connectivity index (χ4n) is 8.72. The minimum absolute atomic E-state index is 0.0737. The van der Waals surface area contributed by atoms with Crippen molar-refractivity contribution in [3.63, 3.8) is 0 Å². The first-order valence-electron chi connectivity index (χ1n) is 26.9. The van der Waals surface area contributed by atoms with Gasteiger partial charge in [0.25, 0.3) is 11.8 Å². The highest BCUT2D eigenvalue weighted by atomic mass is 35.5. The molecule has 81 heavy (non-hydrogen) atoms. The molecule has 1 aromatic heterocycles. The number of carbonyl (C=O) groups excluding carboxylic acids is 3. The Morgan fingerprint density at radius 2 is 1.54 bits per heavy atom. The van der Waals surface area contributed by atoms with E-state index < -0.39 is 12.7 Å². The number of nitrogens with zero attached hydrogens (tertiary/aromatic N) is 3. The maximum absolute atomic E-state index is 13.8. The normalized spacial score (nSPS) is 14.0. The van der Waals surface area contributed by atoms with E-state index in [1.54, 1.807) is 92.0 Å². The SMILES string of the molecule is CC.COc1cc(C(=O)NCCOCCOCCOCCN(N)/C=C(\N)COc2ccc(NC(=O)c3ccc(NC4=C(C)C(=O)CC4)c(Cl)c3)cc2)ccc1NCC#Cc1cc2c(NC3CCN(C)CC3)cccc2n1CC(F)(F)F. The smallest absolute Gasteiger partial charge is 0.406 e. The van der Waals surface area contributed by atoms with Gasteiger partial charge in [-0.25, -0.2) is 5.84 Å². The topological polar surface area (TPSA) is 221 Å². The van der Waals surface area contributed by atoms with Crippen LogP contribution < -0.4 is 47.6 Å². The minimum atomic E-state index is -4.44. The van der Waals surface area contributed by atoms with E-state index in [1.807, 2.05) is 19.9 Å². The van der Waals surface area contributed by atoms with E-state index in [-0.39, 0.29) is 55.6 Å². The van der Waals surface area contributed by atoms with E-state index >= 15 is 0 Å². The molecule has 1 aliphatic heterocycles. The Morgan fingerprint density at radius 1 is 0.864 bits per heavy atom. The van der Waals surface area contributed by atoms with Crippen LogP contribution in [0.15, 0.2) is 108 Å². The summed E-state index contributed by atoms with van der Waals surface area (Å²) in [5, 5.41) is 18.0. The van der Waals surface area contributed by atoms with Crippen LogP contribution in [0.2, 0.25) is 5.02 Å². The molecule has 1 fully saturated rings. The molecule has 5 aromatic rings. The maximum atomic E-state index is 13.8. The molecule has 7 rings (SSSR count). The van der Waals surface area contributed by atoms with Crippen molar-refractivity contribution in [2.24, 2.45) is 11.6 Å². The Morgan fingerprint density at radius 3 is 2.21 bits per heavy atom. The number of hydrogen-bond acceptors (Lipinski definition) is 15. The molecule has 9 N–H and O–H groups in total. The van der Waals surface area contributed by atoms with E-state index in [0.29, 0.717) is 119 Å². The maximum Gasteiger partial charge on any atom is 0.406 e. The van der Waals surface area contributed by atoms with E-state index in [4.69, 9.17) is 46.9 Å². The number of allylic oxidation sites excluding steroid dienone is 2. The fourth-order valence-corrected chi connectivity index (χ4v) is 8.95. The number of methoxy groups -OCH3 is 1. The molecule has 0 unspecified atom stereocenters. The summed E-state index contributed by atoms with van der Waals surface area (Å²) in [6.45, 7) is 9.22. The molecule has 0 spiro atoms. The number of hydrogen-bond donors (Lipinski definition) is 7. The number of hydrazine groups is 1. The number of ether oxygens (including phenoxy) is 5. The number of aromatic nitrogens is 1. The van der Waals surface area contributed by atoms with E-state index in [9.17, 15) is 27.6 Å². The first-order chi connectivity index (χ1) is 39.0. The minimum Gasteiger partial charge on any atom is -0.495 e. The Labute approximate surface area is 476 Å². The lowest BCUT2D eigenvalue weighted by atomic mass is 10.0. The molecule has 1 aliphatic carbocycles. The number of nitrogens with one attached hydrogen (secondary N) is 5. The third kappa shape index (κ3) is 19.7. The van der Waals surface area contributed by atoms with E-state index in [1.165, 1.54) is 16.7 Å². The average molecular weight is 1140 g/mol. The number of carbonyl (C=O) groups is 3. The summed E-state index contributed by atoms with van der Waals surface area (Å²) in [5.74, 6) is 12.3. The number of ketones is 1. The lowest BCUT2D eigenvalue weighted by Gasteiger charge is -2.30. The standard InChI is InChI=1S/C57H68ClF3N10O8.C2H6/c1-38-48(17-18-53(38)72)68-50-15-9-39(32-47(50)58)56(74)67-42-11-13-45(14-12-42)79-36-41(62)35-70(63)25-27-77-29-31-78-30-28-76-26-22-65-55(73)40-10-16-51(54(33-40)75-3)64-21-5-6-44-34-46-49(66-43-19-23-69(2)24-20-43)7-4-8-52(46)71(44)37-57(59,60)61;1-2/h4,7-16,32-35,43,64,66,68H,17-31,36-37,62-63H2,1-3H3,(H,65,73)(H,67,74);1-2H3/b41-35-;. The molecule has 2 amide bonds. The van der Waals surface area contributed by atoms with E-state index in [0.717, 1.165) is 37.3 Å². The van der Waals surface area contributed by atoms with Crippen LogP contribution in [-0.4, -0.2) is 137 Å². The number of Topliss-reactive ketones (excluding diaryl/α,β-unsaturated/α-hetero) is 1. The summed E-state index contributed by atoms with van der Waals surface area (Å²) in [4.78, 5) is 40.0. The summed E-state index contributed by atoms with van der Waals surface area (Å²) < 4.78 is 70.6. The molecule has 0 saturated carbocycles. The molecule has 4 aromatic carbocycles. The Balaban J connectivity index is 0.00000522. The Hall–Kier alpha value is -7.45. The summed E-state index contributed by atoms with van der Waals surface area (Å²) in [5.41, 5.74) is 12.0. The number of anilines is 4. The van der Waals surface area contributed by atoms with Gasteiger partial charge in [-0.3, -0.25) is 14.4 Å². The highest BCUT2D eigenvalue weighted by molar-refractivity contribution is 6.33. The second kappa shape index (κ2) is 31.5. The molecule has 2 heterocycles. The molecule has 18 nitrogen and oxygen atoms in total. The van der Waals surface area contributed by atoms with Crippen molar-refractivity contribution in [3.8, 4) is 23.3 Å². The number of benzene rings is 4. The van der Waals surface area contributed by atoms with Crippen LogP contribution in [0.1, 0.15) is 72.9 Å². The van der Waals surface area contributed by atoms with Gasteiger partial charge in [0.05, 0.1) is 93.1 Å². The number of nitrogens with two attached hydrogens (primary N) is 2. The van der Waals surface area contributed by atoms with Gasteiger partial charge in [-0.05, 0) is 131 Å². The molecular formula is C59H74ClF3N10O8. The second-order valence-electron chi connectivity index (χ2n) is 18.9. The van der Waals surface area contributed by atoms with Gasteiger partial charge in [-0.1, -0.05) is 37.4 Å². The molecular weight excluding hydrogens is 1070 g/mol. The molecule has 2 aliphatic rings. The van der Waals surface area contributed by atoms with Crippen molar-refractivity contribution in [1.29, 1.82) is 0 Å². The fraction of sp³-hybridized carbons (Fsp3) is 0.407. The molecule has 0 radical (unpaired) electrons.